The van der Waals surface area contributed by atoms with Gasteiger partial charge < -0.3 is 9.47 Å². The van der Waals surface area contributed by atoms with Crippen LogP contribution in [0.3, 0.4) is 0 Å². The van der Waals surface area contributed by atoms with Crippen LogP contribution in [-0.4, -0.2) is 54.1 Å². The van der Waals surface area contributed by atoms with Gasteiger partial charge in [0.15, 0.2) is 0 Å². The van der Waals surface area contributed by atoms with Gasteiger partial charge in [0.1, 0.15) is 11.2 Å². The number of pyridine rings is 1. The summed E-state index contributed by atoms with van der Waals surface area (Å²) in [5.41, 5.74) is 0.161. The Morgan fingerprint density at radius 3 is 2.26 bits per heavy atom. The molecule has 31 heavy (non-hydrogen) atoms. The fraction of sp³-hybridized carbons (Fsp3) is 0.368. The Labute approximate surface area is 172 Å². The molecule has 168 valence electrons. The van der Waals surface area contributed by atoms with Crippen molar-refractivity contribution in [1.29, 1.82) is 10.8 Å². The van der Waals surface area contributed by atoms with Crippen molar-refractivity contribution < 1.29 is 35.8 Å². The number of nitrogens with zero attached hydrogens (tertiary/aromatic N) is 2. The molecular formula is C19H18F6N4O2. The van der Waals surface area contributed by atoms with Gasteiger partial charge in [0, 0.05) is 31.4 Å². The molecule has 6 nitrogen and oxygen atoms in total. The van der Waals surface area contributed by atoms with Crippen LogP contribution in [0.15, 0.2) is 36.5 Å². The second-order valence-corrected chi connectivity index (χ2v) is 6.78. The van der Waals surface area contributed by atoms with Gasteiger partial charge in [0.25, 0.3) is 0 Å². The Morgan fingerprint density at radius 1 is 1.00 bits per heavy atom. The largest absolute Gasteiger partial charge is 0.573 e. The van der Waals surface area contributed by atoms with E-state index in [1.54, 1.807) is 0 Å². The molecule has 0 saturated carbocycles. The average Bonchev–Trinajstić information content (AvgIpc) is 2.68. The molecule has 1 aromatic heterocycles. The van der Waals surface area contributed by atoms with Crippen LogP contribution in [0, 0.1) is 10.8 Å². The minimum Gasteiger partial charge on any atom is -0.405 e. The van der Waals surface area contributed by atoms with Gasteiger partial charge in [-0.15, -0.1) is 13.2 Å². The molecule has 1 aromatic carbocycles. The lowest BCUT2D eigenvalue weighted by molar-refractivity contribution is -0.275. The number of hydrogen-bond acceptors (Lipinski definition) is 5. The Morgan fingerprint density at radius 2 is 1.65 bits per heavy atom. The monoisotopic (exact) mass is 448 g/mol. The number of aromatic nitrogens is 1. The molecule has 12 heteroatoms. The predicted octanol–water partition coefficient (Wildman–Crippen LogP) is 3.75. The molecule has 1 aliphatic rings. The number of ether oxygens (including phenoxy) is 2. The minimum atomic E-state index is -4.97. The van der Waals surface area contributed by atoms with E-state index in [0.29, 0.717) is 36.4 Å². The number of nitrogens with one attached hydrogen (secondary N) is 2. The van der Waals surface area contributed by atoms with Crippen LogP contribution in [0.4, 0.5) is 26.3 Å². The highest BCUT2D eigenvalue weighted by molar-refractivity contribution is 5.87. The maximum atomic E-state index is 12.9. The molecule has 1 aliphatic heterocycles. The molecule has 0 spiro atoms. The highest BCUT2D eigenvalue weighted by atomic mass is 19.4. The molecule has 1 saturated heterocycles. The molecule has 0 aliphatic carbocycles. The first-order valence-electron chi connectivity index (χ1n) is 9.06. The van der Waals surface area contributed by atoms with Crippen molar-refractivity contribution in [1.82, 2.24) is 9.47 Å². The van der Waals surface area contributed by atoms with Crippen LogP contribution >= 0.6 is 0 Å². The highest BCUT2D eigenvalue weighted by Gasteiger charge is 2.36. The van der Waals surface area contributed by atoms with Crippen LogP contribution < -0.4 is 10.2 Å². The zero-order valence-electron chi connectivity index (χ0n) is 16.0. The Bertz CT molecular complexity index is 1010. The molecule has 2 heterocycles. The van der Waals surface area contributed by atoms with E-state index in [4.69, 9.17) is 15.6 Å². The van der Waals surface area contributed by atoms with E-state index in [1.807, 2.05) is 4.90 Å². The van der Waals surface area contributed by atoms with Crippen molar-refractivity contribution in [3.05, 3.63) is 47.6 Å². The van der Waals surface area contributed by atoms with E-state index in [9.17, 15) is 26.3 Å². The molecular weight excluding hydrogens is 430 g/mol. The van der Waals surface area contributed by atoms with Gasteiger partial charge in [0.05, 0.1) is 13.2 Å². The van der Waals surface area contributed by atoms with Gasteiger partial charge in [-0.25, -0.2) is 0 Å². The van der Waals surface area contributed by atoms with Crippen molar-refractivity contribution in [2.45, 2.75) is 19.1 Å². The second-order valence-electron chi connectivity index (χ2n) is 6.78. The summed E-state index contributed by atoms with van der Waals surface area (Å²) in [6.07, 6.45) is -8.92. The molecule has 2 aromatic rings. The van der Waals surface area contributed by atoms with Gasteiger partial charge >= 0.3 is 12.5 Å². The fourth-order valence-electron chi connectivity index (χ4n) is 3.10. The number of benzene rings is 1. The summed E-state index contributed by atoms with van der Waals surface area (Å²) in [6, 6.07) is 6.23. The number of rotatable bonds is 4. The van der Waals surface area contributed by atoms with Crippen molar-refractivity contribution in [3.8, 4) is 16.9 Å². The summed E-state index contributed by atoms with van der Waals surface area (Å²) in [7, 11) is 0. The lowest BCUT2D eigenvalue weighted by atomic mass is 10.0. The van der Waals surface area contributed by atoms with Crippen molar-refractivity contribution >= 4 is 5.84 Å². The predicted molar refractivity (Wildman–Crippen MR) is 97.7 cm³/mol. The normalized spacial score (nSPS) is 15.7. The average molecular weight is 448 g/mol. The van der Waals surface area contributed by atoms with E-state index in [0.717, 1.165) is 18.3 Å². The van der Waals surface area contributed by atoms with Crippen molar-refractivity contribution in [2.75, 3.05) is 26.3 Å². The van der Waals surface area contributed by atoms with Crippen LogP contribution in [0.25, 0.3) is 11.1 Å². The Hall–Kier alpha value is -2.86. The molecule has 0 atom stereocenters. The van der Waals surface area contributed by atoms with E-state index in [-0.39, 0.29) is 17.7 Å². The summed E-state index contributed by atoms with van der Waals surface area (Å²) >= 11 is 0. The van der Waals surface area contributed by atoms with Crippen LogP contribution in [-0.2, 0) is 11.3 Å². The number of hydrogen-bond donors (Lipinski definition) is 2. The van der Waals surface area contributed by atoms with Crippen molar-refractivity contribution in [3.63, 3.8) is 0 Å². The maximum absolute atomic E-state index is 12.9. The fourth-order valence-corrected chi connectivity index (χ4v) is 3.10. The third-order valence-corrected chi connectivity index (χ3v) is 4.58. The topological polar surface area (TPSA) is 74.3 Å². The second kappa shape index (κ2) is 8.71. The third-order valence-electron chi connectivity index (χ3n) is 4.58. The summed E-state index contributed by atoms with van der Waals surface area (Å²) in [6.45, 7) is 1.99. The van der Waals surface area contributed by atoms with Gasteiger partial charge in [-0.1, -0.05) is 6.07 Å². The molecule has 0 unspecified atom stereocenters. The first kappa shape index (κ1) is 22.8. The Balaban J connectivity index is 2.00. The zero-order valence-corrected chi connectivity index (χ0v) is 16.0. The van der Waals surface area contributed by atoms with E-state index in [2.05, 4.69) is 4.74 Å². The van der Waals surface area contributed by atoms with Crippen LogP contribution in [0.5, 0.6) is 5.75 Å². The standard InChI is InChI=1S/C19H18F6N4O2/c20-18(21,22)17(27)29-11-13(2-4-16(29)26)12-1-3-15(31-19(23,24)25)14(9-12)10-28-5-7-30-8-6-28/h1-4,9,11,26-27H,5-8,10H2. The van der Waals surface area contributed by atoms with Crippen molar-refractivity contribution in [2.24, 2.45) is 0 Å². The summed E-state index contributed by atoms with van der Waals surface area (Å²) < 4.78 is 86.9. The zero-order chi connectivity index (χ0) is 22.8. The summed E-state index contributed by atoms with van der Waals surface area (Å²) in [4.78, 5) is 1.87. The van der Waals surface area contributed by atoms with Gasteiger partial charge in [-0.3, -0.25) is 20.3 Å². The lowest BCUT2D eigenvalue weighted by Crippen LogP contribution is -2.36. The number of halogens is 6. The molecule has 1 fully saturated rings. The number of morpholine rings is 1. The third kappa shape index (κ3) is 5.85. The van der Waals surface area contributed by atoms with Gasteiger partial charge in [-0.2, -0.15) is 13.2 Å². The molecule has 3 rings (SSSR count). The van der Waals surface area contributed by atoms with Gasteiger partial charge in [-0.05, 0) is 35.4 Å². The minimum absolute atomic E-state index is 0.123. The van der Waals surface area contributed by atoms with E-state index in [1.165, 1.54) is 18.2 Å². The highest BCUT2D eigenvalue weighted by Crippen LogP contribution is 2.32. The van der Waals surface area contributed by atoms with E-state index < -0.39 is 29.6 Å². The Kier molecular flexibility index (Phi) is 6.41. The smallest absolute Gasteiger partial charge is 0.405 e. The first-order valence-corrected chi connectivity index (χ1v) is 9.06. The molecule has 0 bridgehead atoms. The SMILES string of the molecule is N=C(n1cc(-c2ccc(OC(F)(F)F)c(CN3CCOCC3)c2)ccc1=N)C(F)(F)F. The molecule has 0 amide bonds. The molecule has 2 N–H and O–H groups in total. The van der Waals surface area contributed by atoms with Gasteiger partial charge in [0.2, 0.25) is 5.84 Å². The first-order chi connectivity index (χ1) is 14.4. The van der Waals surface area contributed by atoms with Crippen LogP contribution in [0.1, 0.15) is 5.56 Å². The molecule has 0 radical (unpaired) electrons. The lowest BCUT2D eigenvalue weighted by Gasteiger charge is -2.27. The van der Waals surface area contributed by atoms with Crippen LogP contribution in [0.2, 0.25) is 0 Å². The summed E-state index contributed by atoms with van der Waals surface area (Å²) in [5.74, 6) is -2.15. The summed E-state index contributed by atoms with van der Waals surface area (Å²) in [5, 5.41) is 14.9. The quantitative estimate of drug-likeness (QED) is 0.425. The van der Waals surface area contributed by atoms with E-state index >= 15 is 0 Å². The number of alkyl halides is 6. The maximum Gasteiger partial charge on any atom is 0.573 e.